The molecule has 0 saturated carbocycles. The maximum Gasteiger partial charge on any atom is 0.106 e. The molecule has 0 rings (SSSR count). The molecule has 0 aliphatic rings. The fourth-order valence-corrected chi connectivity index (χ4v) is 0.995. The van der Waals surface area contributed by atoms with Gasteiger partial charge in [0.25, 0.3) is 0 Å². The Kier molecular flexibility index (Phi) is 5.69. The topological polar surface area (TPSA) is 45.0 Å². The van der Waals surface area contributed by atoms with Gasteiger partial charge in [0.1, 0.15) is 5.54 Å². The van der Waals surface area contributed by atoms with Gasteiger partial charge in [0, 0.05) is 19.6 Å². The zero-order valence-corrected chi connectivity index (χ0v) is 8.18. The highest BCUT2D eigenvalue weighted by Crippen LogP contribution is 2.07. The molecule has 1 N–H and O–H groups in total. The van der Waals surface area contributed by atoms with E-state index in [9.17, 15) is 0 Å². The third kappa shape index (κ3) is 4.32. The molecule has 0 aliphatic heterocycles. The first kappa shape index (κ1) is 11.4. The van der Waals surface area contributed by atoms with E-state index in [1.54, 1.807) is 0 Å². The molecule has 0 fully saturated rings. The zero-order valence-electron chi connectivity index (χ0n) is 8.18. The average molecular weight is 170 g/mol. The highest BCUT2D eigenvalue weighted by atomic mass is 16.5. The second-order valence-corrected chi connectivity index (χ2v) is 2.92. The summed E-state index contributed by atoms with van der Waals surface area (Å²) in [6.45, 7) is 8.03. The Balaban J connectivity index is 3.73. The minimum absolute atomic E-state index is 0.427. The first-order valence-electron chi connectivity index (χ1n) is 4.42. The third-order valence-electron chi connectivity index (χ3n) is 1.76. The molecule has 1 atom stereocenters. The highest BCUT2D eigenvalue weighted by Gasteiger charge is 2.21. The molecule has 0 spiro atoms. The molecular weight excluding hydrogens is 152 g/mol. The Morgan fingerprint density at radius 3 is 2.58 bits per heavy atom. The number of nitrogens with one attached hydrogen (secondary N) is 1. The van der Waals surface area contributed by atoms with Gasteiger partial charge >= 0.3 is 0 Å². The van der Waals surface area contributed by atoms with Gasteiger partial charge in [-0.1, -0.05) is 6.92 Å². The van der Waals surface area contributed by atoms with E-state index in [2.05, 4.69) is 11.4 Å². The van der Waals surface area contributed by atoms with E-state index in [4.69, 9.17) is 10.00 Å². The summed E-state index contributed by atoms with van der Waals surface area (Å²) in [5.74, 6) is 0. The molecule has 0 aromatic carbocycles. The summed E-state index contributed by atoms with van der Waals surface area (Å²) in [6, 6.07) is 2.25. The van der Waals surface area contributed by atoms with E-state index >= 15 is 0 Å². The number of nitriles is 1. The molecule has 1 unspecified atom stereocenters. The first-order chi connectivity index (χ1) is 5.68. The highest BCUT2D eigenvalue weighted by molar-refractivity contribution is 5.03. The molecule has 0 aliphatic carbocycles. The lowest BCUT2D eigenvalue weighted by atomic mass is 10.0. The van der Waals surface area contributed by atoms with Crippen molar-refractivity contribution < 1.29 is 4.74 Å². The Bertz CT molecular complexity index is 153. The molecule has 0 aromatic rings. The smallest absolute Gasteiger partial charge is 0.106 e. The molecule has 0 bridgehead atoms. The predicted molar refractivity (Wildman–Crippen MR) is 48.8 cm³/mol. The van der Waals surface area contributed by atoms with Crippen LogP contribution in [0.5, 0.6) is 0 Å². The number of hydrogen-bond acceptors (Lipinski definition) is 3. The van der Waals surface area contributed by atoms with E-state index in [0.717, 1.165) is 13.0 Å². The monoisotopic (exact) mass is 170 g/mol. The summed E-state index contributed by atoms with van der Waals surface area (Å²) in [5, 5.41) is 12.0. The Hall–Kier alpha value is -0.590. The molecule has 12 heavy (non-hydrogen) atoms. The summed E-state index contributed by atoms with van der Waals surface area (Å²) < 4.78 is 5.19. The number of rotatable bonds is 6. The minimum atomic E-state index is -0.427. The normalized spacial score (nSPS) is 15.2. The van der Waals surface area contributed by atoms with Gasteiger partial charge in [-0.3, -0.25) is 5.32 Å². The van der Waals surface area contributed by atoms with Crippen LogP contribution in [0.1, 0.15) is 27.2 Å². The van der Waals surface area contributed by atoms with E-state index < -0.39 is 5.54 Å². The molecule has 0 aromatic heterocycles. The lowest BCUT2D eigenvalue weighted by Crippen LogP contribution is -2.41. The third-order valence-corrected chi connectivity index (χ3v) is 1.76. The Labute approximate surface area is 74.7 Å². The molecule has 0 heterocycles. The van der Waals surface area contributed by atoms with Gasteiger partial charge in [0.05, 0.1) is 6.07 Å². The van der Waals surface area contributed by atoms with Gasteiger partial charge in [-0.05, 0) is 20.4 Å². The van der Waals surface area contributed by atoms with Crippen LogP contribution < -0.4 is 5.32 Å². The number of ether oxygens (including phenoxy) is 1. The van der Waals surface area contributed by atoms with Gasteiger partial charge in [0.15, 0.2) is 0 Å². The van der Waals surface area contributed by atoms with Gasteiger partial charge in [0.2, 0.25) is 0 Å². The molecule has 0 amide bonds. The first-order valence-corrected chi connectivity index (χ1v) is 4.42. The van der Waals surface area contributed by atoms with Gasteiger partial charge in [-0.25, -0.2) is 0 Å². The van der Waals surface area contributed by atoms with Crippen molar-refractivity contribution in [2.75, 3.05) is 19.8 Å². The quantitative estimate of drug-likeness (QED) is 0.611. The second kappa shape index (κ2) is 5.99. The van der Waals surface area contributed by atoms with Crippen LogP contribution in [0, 0.1) is 11.3 Å². The summed E-state index contributed by atoms with van der Waals surface area (Å²) in [5.41, 5.74) is -0.427. The fourth-order valence-electron chi connectivity index (χ4n) is 0.995. The number of nitrogens with zero attached hydrogens (tertiary/aromatic N) is 1. The van der Waals surface area contributed by atoms with Crippen molar-refractivity contribution in [3.8, 4) is 6.07 Å². The summed E-state index contributed by atoms with van der Waals surface area (Å²) in [4.78, 5) is 0. The molecular formula is C9H18N2O. The van der Waals surface area contributed by atoms with E-state index in [1.165, 1.54) is 0 Å². The van der Waals surface area contributed by atoms with Crippen LogP contribution in [0.4, 0.5) is 0 Å². The van der Waals surface area contributed by atoms with Gasteiger partial charge in [-0.15, -0.1) is 0 Å². The molecule has 0 radical (unpaired) electrons. The van der Waals surface area contributed by atoms with Crippen LogP contribution in [0.25, 0.3) is 0 Å². The van der Waals surface area contributed by atoms with Crippen LogP contribution in [-0.2, 0) is 4.74 Å². The Morgan fingerprint density at radius 1 is 1.50 bits per heavy atom. The predicted octanol–water partition coefficient (Wildman–Crippen LogP) is 1.30. The largest absolute Gasteiger partial charge is 0.382 e. The summed E-state index contributed by atoms with van der Waals surface area (Å²) in [6.07, 6.45) is 0.741. The van der Waals surface area contributed by atoms with Crippen molar-refractivity contribution in [3.05, 3.63) is 0 Å². The summed E-state index contributed by atoms with van der Waals surface area (Å²) in [7, 11) is 0. The van der Waals surface area contributed by atoms with Crippen molar-refractivity contribution in [2.24, 2.45) is 0 Å². The van der Waals surface area contributed by atoms with E-state index in [1.807, 2.05) is 20.8 Å². The SMILES string of the molecule is CCNC(C)(C#N)CCOCC. The second-order valence-electron chi connectivity index (χ2n) is 2.92. The Morgan fingerprint density at radius 2 is 2.17 bits per heavy atom. The minimum Gasteiger partial charge on any atom is -0.382 e. The van der Waals surface area contributed by atoms with Crippen LogP contribution >= 0.6 is 0 Å². The zero-order chi connectivity index (χ0) is 9.45. The maximum absolute atomic E-state index is 8.85. The van der Waals surface area contributed by atoms with Gasteiger partial charge in [-0.2, -0.15) is 5.26 Å². The summed E-state index contributed by atoms with van der Waals surface area (Å²) >= 11 is 0. The maximum atomic E-state index is 8.85. The molecule has 70 valence electrons. The average Bonchev–Trinajstić information content (AvgIpc) is 2.06. The molecule has 0 saturated heterocycles. The van der Waals surface area contributed by atoms with Crippen molar-refractivity contribution in [1.82, 2.24) is 5.32 Å². The van der Waals surface area contributed by atoms with Crippen molar-refractivity contribution in [3.63, 3.8) is 0 Å². The van der Waals surface area contributed by atoms with Crippen LogP contribution in [0.2, 0.25) is 0 Å². The molecule has 3 heteroatoms. The van der Waals surface area contributed by atoms with Crippen molar-refractivity contribution in [2.45, 2.75) is 32.7 Å². The van der Waals surface area contributed by atoms with Crippen molar-refractivity contribution >= 4 is 0 Å². The van der Waals surface area contributed by atoms with E-state index in [0.29, 0.717) is 13.2 Å². The lowest BCUT2D eigenvalue weighted by Gasteiger charge is -2.21. The van der Waals surface area contributed by atoms with Gasteiger partial charge < -0.3 is 4.74 Å². The van der Waals surface area contributed by atoms with Crippen molar-refractivity contribution in [1.29, 1.82) is 5.26 Å². The van der Waals surface area contributed by atoms with Crippen LogP contribution in [0.3, 0.4) is 0 Å². The molecule has 3 nitrogen and oxygen atoms in total. The van der Waals surface area contributed by atoms with Crippen LogP contribution in [0.15, 0.2) is 0 Å². The van der Waals surface area contributed by atoms with Crippen LogP contribution in [-0.4, -0.2) is 25.3 Å². The lowest BCUT2D eigenvalue weighted by molar-refractivity contribution is 0.130. The fraction of sp³-hybridized carbons (Fsp3) is 0.889. The number of hydrogen-bond donors (Lipinski definition) is 1. The van der Waals surface area contributed by atoms with E-state index in [-0.39, 0.29) is 0 Å². The standard InChI is InChI=1S/C9H18N2O/c1-4-11-9(3,8-10)6-7-12-5-2/h11H,4-7H2,1-3H3.